The van der Waals surface area contributed by atoms with E-state index in [1.807, 2.05) is 21.4 Å². The van der Waals surface area contributed by atoms with Gasteiger partial charge in [-0.2, -0.15) is 0 Å². The van der Waals surface area contributed by atoms with Gasteiger partial charge in [0.2, 0.25) is 0 Å². The summed E-state index contributed by atoms with van der Waals surface area (Å²) in [5.74, 6) is 3.03. The minimum atomic E-state index is 0.632. The van der Waals surface area contributed by atoms with E-state index in [9.17, 15) is 0 Å². The molecule has 2 aromatic heterocycles. The molecule has 0 atom stereocenters. The van der Waals surface area contributed by atoms with Gasteiger partial charge in [0.05, 0.1) is 27.2 Å². The van der Waals surface area contributed by atoms with Crippen LogP contribution in [0.3, 0.4) is 0 Å². The largest absolute Gasteiger partial charge is 0.493 e. The normalized spacial score (nSPS) is 14.1. The van der Waals surface area contributed by atoms with Crippen molar-refractivity contribution in [2.45, 2.75) is 33.1 Å². The summed E-state index contributed by atoms with van der Waals surface area (Å²) in [6.07, 6.45) is 2.60. The zero-order valence-corrected chi connectivity index (χ0v) is 17.2. The first-order valence-electron chi connectivity index (χ1n) is 9.32. The molecule has 0 bridgehead atoms. The number of ether oxygens (including phenoxy) is 2. The first-order valence-corrected chi connectivity index (χ1v) is 9.73. The molecule has 28 heavy (non-hydrogen) atoms. The molecule has 3 aromatic rings. The molecule has 0 saturated carbocycles. The summed E-state index contributed by atoms with van der Waals surface area (Å²) in [7, 11) is 3.33. The molecular weight excluding hydrogens is 376 g/mol. The lowest BCUT2D eigenvalue weighted by Crippen LogP contribution is -2.32. The molecule has 148 valence electrons. The van der Waals surface area contributed by atoms with E-state index in [0.717, 1.165) is 49.1 Å². The lowest BCUT2D eigenvalue weighted by molar-refractivity contribution is 0.187. The van der Waals surface area contributed by atoms with Crippen molar-refractivity contribution in [3.8, 4) is 23.1 Å². The van der Waals surface area contributed by atoms with Crippen molar-refractivity contribution in [1.29, 1.82) is 0 Å². The molecule has 1 aliphatic rings. The topological polar surface area (TPSA) is 57.6 Å². The van der Waals surface area contributed by atoms with E-state index >= 15 is 0 Å². The highest BCUT2D eigenvalue weighted by Gasteiger charge is 2.21. The summed E-state index contributed by atoms with van der Waals surface area (Å²) in [6.45, 7) is 5.18. The van der Waals surface area contributed by atoms with Gasteiger partial charge in [0.1, 0.15) is 0 Å². The van der Waals surface area contributed by atoms with Crippen LogP contribution in [0.25, 0.3) is 11.6 Å². The predicted octanol–water partition coefficient (Wildman–Crippen LogP) is 3.73. The minimum Gasteiger partial charge on any atom is -0.493 e. The molecule has 1 aliphatic heterocycles. The highest BCUT2D eigenvalue weighted by Crippen LogP contribution is 2.33. The Morgan fingerprint density at radius 2 is 1.93 bits per heavy atom. The first-order chi connectivity index (χ1) is 13.6. The number of furan rings is 1. The Hall–Kier alpha value is -2.58. The molecule has 0 aliphatic carbocycles. The number of hydrogen-bond acceptors (Lipinski definition) is 6. The van der Waals surface area contributed by atoms with Crippen molar-refractivity contribution in [2.24, 2.45) is 0 Å². The van der Waals surface area contributed by atoms with E-state index in [1.54, 1.807) is 20.5 Å². The highest BCUT2D eigenvalue weighted by molar-refractivity contribution is 7.71. The van der Waals surface area contributed by atoms with Crippen LogP contribution in [-0.4, -0.2) is 40.0 Å². The van der Waals surface area contributed by atoms with Crippen LogP contribution in [0.15, 0.2) is 34.9 Å². The molecule has 4 rings (SSSR count). The molecule has 0 N–H and O–H groups in total. The SMILES string of the molecule is CCn1c(-c2ccco2)nn(CN2CCc3cc(OC)c(OC)cc3C2)c1=S. The van der Waals surface area contributed by atoms with Gasteiger partial charge in [-0.1, -0.05) is 0 Å². The summed E-state index contributed by atoms with van der Waals surface area (Å²) in [6, 6.07) is 7.92. The molecule has 0 radical (unpaired) electrons. The van der Waals surface area contributed by atoms with Crippen molar-refractivity contribution in [3.63, 3.8) is 0 Å². The predicted molar refractivity (Wildman–Crippen MR) is 108 cm³/mol. The second-order valence-corrected chi connectivity index (χ2v) is 7.11. The number of nitrogens with zero attached hydrogens (tertiary/aromatic N) is 4. The molecule has 3 heterocycles. The molecule has 0 unspecified atom stereocenters. The minimum absolute atomic E-state index is 0.632. The number of benzene rings is 1. The lowest BCUT2D eigenvalue weighted by Gasteiger charge is -2.29. The van der Waals surface area contributed by atoms with Crippen LogP contribution in [0.2, 0.25) is 0 Å². The van der Waals surface area contributed by atoms with Crippen molar-refractivity contribution < 1.29 is 13.9 Å². The molecular formula is C20H24N4O3S. The van der Waals surface area contributed by atoms with Crippen LogP contribution in [0.4, 0.5) is 0 Å². The van der Waals surface area contributed by atoms with Crippen molar-refractivity contribution in [1.82, 2.24) is 19.2 Å². The van der Waals surface area contributed by atoms with Gasteiger partial charge in [-0.15, -0.1) is 5.10 Å². The fourth-order valence-electron chi connectivity index (χ4n) is 3.66. The van der Waals surface area contributed by atoms with Gasteiger partial charge in [-0.25, -0.2) is 4.68 Å². The monoisotopic (exact) mass is 400 g/mol. The summed E-state index contributed by atoms with van der Waals surface area (Å²) in [5.41, 5.74) is 2.55. The van der Waals surface area contributed by atoms with Gasteiger partial charge in [-0.05, 0) is 61.0 Å². The average molecular weight is 401 g/mol. The Morgan fingerprint density at radius 1 is 1.18 bits per heavy atom. The Kier molecular flexibility index (Phi) is 5.23. The van der Waals surface area contributed by atoms with Crippen LogP contribution in [0, 0.1) is 4.77 Å². The average Bonchev–Trinajstić information content (AvgIpc) is 3.35. The zero-order chi connectivity index (χ0) is 19.7. The molecule has 0 spiro atoms. The fourth-order valence-corrected chi connectivity index (χ4v) is 3.97. The smallest absolute Gasteiger partial charge is 0.199 e. The zero-order valence-electron chi connectivity index (χ0n) is 16.3. The van der Waals surface area contributed by atoms with E-state index in [2.05, 4.69) is 24.0 Å². The van der Waals surface area contributed by atoms with Gasteiger partial charge in [-0.3, -0.25) is 9.47 Å². The first kappa shape index (κ1) is 18.8. The summed E-state index contributed by atoms with van der Waals surface area (Å²) < 4.78 is 21.0. The van der Waals surface area contributed by atoms with Crippen molar-refractivity contribution in [3.05, 3.63) is 46.4 Å². The molecule has 7 nitrogen and oxygen atoms in total. The van der Waals surface area contributed by atoms with E-state index < -0.39 is 0 Å². The van der Waals surface area contributed by atoms with Crippen LogP contribution >= 0.6 is 12.2 Å². The van der Waals surface area contributed by atoms with Crippen molar-refractivity contribution >= 4 is 12.2 Å². The third-order valence-corrected chi connectivity index (χ3v) is 5.54. The quantitative estimate of drug-likeness (QED) is 0.588. The van der Waals surface area contributed by atoms with Gasteiger partial charge in [0, 0.05) is 19.6 Å². The third kappa shape index (κ3) is 3.33. The van der Waals surface area contributed by atoms with Gasteiger partial charge >= 0.3 is 0 Å². The Balaban J connectivity index is 1.59. The van der Waals surface area contributed by atoms with Crippen LogP contribution in [0.1, 0.15) is 18.1 Å². The molecule has 8 heteroatoms. The van der Waals surface area contributed by atoms with E-state index in [1.165, 1.54) is 11.1 Å². The standard InChI is InChI=1S/C20H24N4O3S/c1-4-23-19(16-6-5-9-27-16)21-24(20(23)28)13-22-8-7-14-10-17(25-2)18(26-3)11-15(14)12-22/h5-6,9-11H,4,7-8,12-13H2,1-3H3. The number of fused-ring (bicyclic) bond motifs is 1. The Morgan fingerprint density at radius 3 is 2.57 bits per heavy atom. The molecule has 0 amide bonds. The molecule has 0 fully saturated rings. The number of rotatable bonds is 6. The van der Waals surface area contributed by atoms with Crippen LogP contribution in [-0.2, 0) is 26.2 Å². The second-order valence-electron chi connectivity index (χ2n) is 6.75. The van der Waals surface area contributed by atoms with Crippen molar-refractivity contribution in [2.75, 3.05) is 20.8 Å². The lowest BCUT2D eigenvalue weighted by atomic mass is 9.99. The number of methoxy groups -OCH3 is 2. The molecule has 1 aromatic carbocycles. The maximum atomic E-state index is 5.66. The summed E-state index contributed by atoms with van der Waals surface area (Å²) >= 11 is 5.66. The van der Waals surface area contributed by atoms with E-state index in [0.29, 0.717) is 11.4 Å². The van der Waals surface area contributed by atoms with E-state index in [4.69, 9.17) is 31.2 Å². The maximum Gasteiger partial charge on any atom is 0.199 e. The summed E-state index contributed by atoms with van der Waals surface area (Å²) in [4.78, 5) is 2.34. The van der Waals surface area contributed by atoms with E-state index in [-0.39, 0.29) is 0 Å². The van der Waals surface area contributed by atoms with Gasteiger partial charge < -0.3 is 13.9 Å². The van der Waals surface area contributed by atoms with Crippen LogP contribution in [0.5, 0.6) is 11.5 Å². The number of hydrogen-bond donors (Lipinski definition) is 0. The second kappa shape index (κ2) is 7.81. The van der Waals surface area contributed by atoms with Gasteiger partial charge in [0.25, 0.3) is 0 Å². The fraction of sp³-hybridized carbons (Fsp3) is 0.400. The molecule has 0 saturated heterocycles. The summed E-state index contributed by atoms with van der Waals surface area (Å²) in [5, 5.41) is 4.73. The maximum absolute atomic E-state index is 5.66. The van der Waals surface area contributed by atoms with Crippen LogP contribution < -0.4 is 9.47 Å². The number of aromatic nitrogens is 3. The van der Waals surface area contributed by atoms with Gasteiger partial charge in [0.15, 0.2) is 27.9 Å². The Bertz CT molecular complexity index is 1020. The highest BCUT2D eigenvalue weighted by atomic mass is 32.1. The Labute approximate surface area is 169 Å². The third-order valence-electron chi connectivity index (χ3n) is 5.11.